The number of hydrogen-bond acceptors (Lipinski definition) is 3. The Morgan fingerprint density at radius 3 is 2.75 bits per heavy atom. The second-order valence-electron chi connectivity index (χ2n) is 4.02. The Morgan fingerprint density at radius 2 is 2.12 bits per heavy atom. The second-order valence-corrected chi connectivity index (χ2v) is 4.02. The van der Waals surface area contributed by atoms with Gasteiger partial charge in [-0.05, 0) is 31.0 Å². The van der Waals surface area contributed by atoms with Crippen molar-refractivity contribution in [2.75, 3.05) is 20.8 Å². The molecule has 0 amide bonds. The zero-order valence-electron chi connectivity index (χ0n) is 10.2. The molecule has 0 spiro atoms. The molecule has 0 heterocycles. The van der Waals surface area contributed by atoms with Gasteiger partial charge in [0.05, 0.1) is 14.2 Å². The minimum absolute atomic E-state index is 0.472. The van der Waals surface area contributed by atoms with Gasteiger partial charge in [0.15, 0.2) is 11.5 Å². The number of nitrogens with one attached hydrogen (secondary N) is 1. The summed E-state index contributed by atoms with van der Waals surface area (Å²) in [5.74, 6) is 1.74. The van der Waals surface area contributed by atoms with Crippen molar-refractivity contribution in [3.05, 3.63) is 23.3 Å². The summed E-state index contributed by atoms with van der Waals surface area (Å²) in [6, 6.07) is 4.62. The zero-order chi connectivity index (χ0) is 11.5. The van der Waals surface area contributed by atoms with Crippen LogP contribution in [0.3, 0.4) is 0 Å². The molecular weight excluding hydrogens is 202 g/mol. The number of ether oxygens (including phenoxy) is 2. The summed E-state index contributed by atoms with van der Waals surface area (Å²) in [6.07, 6.45) is 2.21. The second kappa shape index (κ2) is 4.74. The third kappa shape index (κ3) is 1.76. The third-order valence-electron chi connectivity index (χ3n) is 3.19. The van der Waals surface area contributed by atoms with Gasteiger partial charge in [-0.15, -0.1) is 0 Å². The van der Waals surface area contributed by atoms with Crippen molar-refractivity contribution in [1.82, 2.24) is 5.32 Å². The molecule has 0 aromatic heterocycles. The van der Waals surface area contributed by atoms with Gasteiger partial charge in [-0.1, -0.05) is 13.0 Å². The fourth-order valence-corrected chi connectivity index (χ4v) is 2.49. The first-order chi connectivity index (χ1) is 7.81. The molecule has 0 radical (unpaired) electrons. The number of hydrogen-bond donors (Lipinski definition) is 1. The van der Waals surface area contributed by atoms with Crippen LogP contribution in [-0.2, 0) is 6.42 Å². The van der Waals surface area contributed by atoms with Crippen LogP contribution in [0.2, 0.25) is 0 Å². The standard InChI is InChI=1S/C13H19NO2/c1-4-14-11-7-5-10-9(11)6-8-12(15-2)13(10)16-3/h6,8,11,14H,4-5,7H2,1-3H3. The van der Waals surface area contributed by atoms with E-state index in [2.05, 4.69) is 18.3 Å². The molecule has 16 heavy (non-hydrogen) atoms. The molecular formula is C13H19NO2. The maximum atomic E-state index is 5.45. The Labute approximate surface area is 96.8 Å². The van der Waals surface area contributed by atoms with Crippen molar-refractivity contribution in [2.45, 2.75) is 25.8 Å². The lowest BCUT2D eigenvalue weighted by atomic mass is 10.1. The van der Waals surface area contributed by atoms with Gasteiger partial charge in [0, 0.05) is 11.6 Å². The summed E-state index contributed by atoms with van der Waals surface area (Å²) in [6.45, 7) is 3.14. The SMILES string of the molecule is CCNC1CCc2c1ccc(OC)c2OC. The van der Waals surface area contributed by atoms with Crippen LogP contribution in [0.1, 0.15) is 30.5 Å². The number of methoxy groups -OCH3 is 2. The minimum Gasteiger partial charge on any atom is -0.493 e. The lowest BCUT2D eigenvalue weighted by Gasteiger charge is -2.15. The summed E-state index contributed by atoms with van der Waals surface area (Å²) in [7, 11) is 3.39. The molecule has 1 atom stereocenters. The predicted octanol–water partition coefficient (Wildman–Crippen LogP) is 2.30. The summed E-state index contributed by atoms with van der Waals surface area (Å²) in [5, 5.41) is 3.49. The molecule has 1 unspecified atom stereocenters. The molecule has 88 valence electrons. The first kappa shape index (κ1) is 11.3. The van der Waals surface area contributed by atoms with Gasteiger partial charge in [0.1, 0.15) is 0 Å². The summed E-state index contributed by atoms with van der Waals surface area (Å²) in [5.41, 5.74) is 2.66. The molecule has 1 aromatic rings. The maximum Gasteiger partial charge on any atom is 0.164 e. The average molecular weight is 221 g/mol. The van der Waals surface area contributed by atoms with Crippen LogP contribution in [0.4, 0.5) is 0 Å². The van der Waals surface area contributed by atoms with Crippen molar-refractivity contribution in [1.29, 1.82) is 0 Å². The Hall–Kier alpha value is -1.22. The van der Waals surface area contributed by atoms with Crippen LogP contribution in [0.25, 0.3) is 0 Å². The van der Waals surface area contributed by atoms with E-state index in [9.17, 15) is 0 Å². The summed E-state index contributed by atoms with van der Waals surface area (Å²) >= 11 is 0. The summed E-state index contributed by atoms with van der Waals surface area (Å²) < 4.78 is 10.8. The maximum absolute atomic E-state index is 5.45. The molecule has 0 fully saturated rings. The summed E-state index contributed by atoms with van der Waals surface area (Å²) in [4.78, 5) is 0. The van der Waals surface area contributed by atoms with E-state index in [1.54, 1.807) is 14.2 Å². The van der Waals surface area contributed by atoms with E-state index in [0.717, 1.165) is 30.9 Å². The highest BCUT2D eigenvalue weighted by molar-refractivity contribution is 5.53. The molecule has 0 saturated heterocycles. The number of fused-ring (bicyclic) bond motifs is 1. The van der Waals surface area contributed by atoms with Crippen LogP contribution in [0, 0.1) is 0 Å². The normalized spacial score (nSPS) is 18.3. The molecule has 0 aliphatic heterocycles. The highest BCUT2D eigenvalue weighted by atomic mass is 16.5. The van der Waals surface area contributed by atoms with E-state index in [1.807, 2.05) is 6.07 Å². The molecule has 1 N–H and O–H groups in total. The Kier molecular flexibility index (Phi) is 3.34. The van der Waals surface area contributed by atoms with Crippen LogP contribution >= 0.6 is 0 Å². The van der Waals surface area contributed by atoms with Crippen LogP contribution in [0.5, 0.6) is 11.5 Å². The molecule has 1 aliphatic carbocycles. The fraction of sp³-hybridized carbons (Fsp3) is 0.538. The third-order valence-corrected chi connectivity index (χ3v) is 3.19. The van der Waals surface area contributed by atoms with E-state index < -0.39 is 0 Å². The predicted molar refractivity (Wildman–Crippen MR) is 64.3 cm³/mol. The highest BCUT2D eigenvalue weighted by Crippen LogP contribution is 2.42. The molecule has 1 aromatic carbocycles. The van der Waals surface area contributed by atoms with E-state index in [4.69, 9.17) is 9.47 Å². The first-order valence-corrected chi connectivity index (χ1v) is 5.79. The lowest BCUT2D eigenvalue weighted by Crippen LogP contribution is -2.18. The average Bonchev–Trinajstić information content (AvgIpc) is 2.72. The van der Waals surface area contributed by atoms with E-state index >= 15 is 0 Å². The van der Waals surface area contributed by atoms with E-state index in [0.29, 0.717) is 6.04 Å². The number of rotatable bonds is 4. The smallest absolute Gasteiger partial charge is 0.164 e. The van der Waals surface area contributed by atoms with E-state index in [-0.39, 0.29) is 0 Å². The van der Waals surface area contributed by atoms with Crippen molar-refractivity contribution >= 4 is 0 Å². The monoisotopic (exact) mass is 221 g/mol. The van der Waals surface area contributed by atoms with Gasteiger partial charge in [-0.2, -0.15) is 0 Å². The molecule has 3 heteroatoms. The van der Waals surface area contributed by atoms with Crippen molar-refractivity contribution in [3.63, 3.8) is 0 Å². The zero-order valence-corrected chi connectivity index (χ0v) is 10.2. The Morgan fingerprint density at radius 1 is 1.31 bits per heavy atom. The minimum atomic E-state index is 0.472. The highest BCUT2D eigenvalue weighted by Gasteiger charge is 2.26. The topological polar surface area (TPSA) is 30.5 Å². The molecule has 1 aliphatic rings. The molecule has 2 rings (SSSR count). The van der Waals surface area contributed by atoms with Gasteiger partial charge in [-0.25, -0.2) is 0 Å². The first-order valence-electron chi connectivity index (χ1n) is 5.79. The molecule has 0 bridgehead atoms. The van der Waals surface area contributed by atoms with Gasteiger partial charge < -0.3 is 14.8 Å². The quantitative estimate of drug-likeness (QED) is 0.846. The van der Waals surface area contributed by atoms with Crippen LogP contribution < -0.4 is 14.8 Å². The van der Waals surface area contributed by atoms with Crippen LogP contribution in [0.15, 0.2) is 12.1 Å². The van der Waals surface area contributed by atoms with Crippen molar-refractivity contribution in [2.24, 2.45) is 0 Å². The molecule has 3 nitrogen and oxygen atoms in total. The molecule has 0 saturated carbocycles. The van der Waals surface area contributed by atoms with E-state index in [1.165, 1.54) is 11.1 Å². The van der Waals surface area contributed by atoms with Gasteiger partial charge in [0.2, 0.25) is 0 Å². The largest absolute Gasteiger partial charge is 0.493 e. The number of benzene rings is 1. The van der Waals surface area contributed by atoms with Gasteiger partial charge in [-0.3, -0.25) is 0 Å². The van der Waals surface area contributed by atoms with Gasteiger partial charge in [0.25, 0.3) is 0 Å². The Balaban J connectivity index is 2.39. The van der Waals surface area contributed by atoms with Gasteiger partial charge >= 0.3 is 0 Å². The Bertz CT molecular complexity index is 376. The van der Waals surface area contributed by atoms with Crippen molar-refractivity contribution in [3.8, 4) is 11.5 Å². The fourth-order valence-electron chi connectivity index (χ4n) is 2.49. The lowest BCUT2D eigenvalue weighted by molar-refractivity contribution is 0.352. The van der Waals surface area contributed by atoms with Crippen molar-refractivity contribution < 1.29 is 9.47 Å². The van der Waals surface area contributed by atoms with Crippen LogP contribution in [-0.4, -0.2) is 20.8 Å².